The minimum absolute atomic E-state index is 0.0530. The number of aryl methyl sites for hydroxylation is 1. The van der Waals surface area contributed by atoms with Crippen LogP contribution in [0.4, 0.5) is 0 Å². The van der Waals surface area contributed by atoms with Gasteiger partial charge in [-0.25, -0.2) is 59.5 Å². The molecule has 26 nitrogen and oxygen atoms in total. The van der Waals surface area contributed by atoms with Gasteiger partial charge in [-0.3, -0.25) is 4.79 Å². The first-order chi connectivity index (χ1) is 55.0. The summed E-state index contributed by atoms with van der Waals surface area (Å²) in [5, 5.41) is 18.3. The van der Waals surface area contributed by atoms with Crippen LogP contribution in [0.3, 0.4) is 0 Å². The van der Waals surface area contributed by atoms with Crippen LogP contribution >= 0.6 is 38.5 Å². The molecule has 15 rings (SSSR count). The average molecular weight is 1730 g/mol. The van der Waals surface area contributed by atoms with Crippen molar-refractivity contribution in [3.05, 3.63) is 173 Å². The number of hydrogen-bond acceptors (Lipinski definition) is 25. The molecule has 608 valence electrons. The van der Waals surface area contributed by atoms with E-state index in [1.807, 2.05) is 100 Å². The minimum Gasteiger partial charge on any atom is -0.462 e. The monoisotopic (exact) mass is 1730 g/mol. The van der Waals surface area contributed by atoms with Crippen LogP contribution in [0.1, 0.15) is 252 Å². The van der Waals surface area contributed by atoms with E-state index in [1.54, 1.807) is 6.07 Å². The van der Waals surface area contributed by atoms with E-state index in [0.29, 0.717) is 85.5 Å². The molecule has 0 bridgehead atoms. The van der Waals surface area contributed by atoms with Gasteiger partial charge in [0, 0.05) is 52.3 Å². The fourth-order valence-corrected chi connectivity index (χ4v) is 17.3. The number of esters is 2. The van der Waals surface area contributed by atoms with Gasteiger partial charge in [0.2, 0.25) is 0 Å². The number of halogens is 2. The van der Waals surface area contributed by atoms with Crippen LogP contribution in [0.2, 0.25) is 0 Å². The zero-order chi connectivity index (χ0) is 80.6. The summed E-state index contributed by atoms with van der Waals surface area (Å²) in [6, 6.07) is 37.7. The van der Waals surface area contributed by atoms with Gasteiger partial charge in [0.25, 0.3) is 5.91 Å². The quantitative estimate of drug-likeness (QED) is 0.0304. The largest absolute Gasteiger partial charge is 0.462 e. The van der Waals surface area contributed by atoms with Crippen LogP contribution in [0, 0.1) is 10.5 Å². The highest BCUT2D eigenvalue weighted by Crippen LogP contribution is 2.39. The Morgan fingerprint density at radius 3 is 1.09 bits per heavy atom. The number of amidine groups is 5. The smallest absolute Gasteiger partial charge is 0.338 e. The summed E-state index contributed by atoms with van der Waals surface area (Å²) in [5.41, 5.74) is 36.4. The molecule has 5 aliphatic carbocycles. The molecular weight excluding hydrogens is 1610 g/mol. The van der Waals surface area contributed by atoms with E-state index in [2.05, 4.69) is 132 Å². The molecule has 0 atom stereocenters. The third-order valence-corrected chi connectivity index (χ3v) is 22.7. The Balaban J connectivity index is 0.000000141. The van der Waals surface area contributed by atoms with Crippen molar-refractivity contribution in [3.8, 4) is 0 Å². The van der Waals surface area contributed by atoms with Gasteiger partial charge in [-0.1, -0.05) is 116 Å². The molecular formula is C86H115BrIN21O5. The standard InChI is InChI=1S/2C19H26N4O2.C18H25N5O.C15H19BrN4.C15H19IN4/c1-3-25-17(24)15-11-14(8-7-13(15)2)12-16-21-18(20)23-19(22-16)9-5-4-6-10-19;1-2-11-25-17(24)15-8-6-7-14(12-15)13-16-21-18(20)23-19(22-16)9-4-3-5-10-19;1-2-20-16(24)14-8-6-7-13(11-14)12-15-21-17(19)23-18(22-15)9-4-3-5-10-18;2*16-12-6-4-5-11(9-12)10-13-18-14(17)20-15(19-13)7-2-1-3-8-15/h7-8,11H,3-6,9-10,12H2,1-2H3,(H3,20,21,22,23);6-8,12H,2-5,9-11,13H2,1H3,(H3,20,21,22,23);6-8,11H,2-5,9-10,12H2,1H3,(H,20,24)(H3,19,21,22,23);2*4-6,9H,1-3,7-8,10H2,(H3,17,18,19,20). The maximum atomic E-state index is 12.1. The Hall–Kier alpha value is -9.58. The Morgan fingerprint density at radius 2 is 0.737 bits per heavy atom. The van der Waals surface area contributed by atoms with Crippen molar-refractivity contribution in [3.63, 3.8) is 0 Å². The van der Waals surface area contributed by atoms with Crippen LogP contribution < -0.4 is 60.6 Å². The zero-order valence-electron chi connectivity index (χ0n) is 66.7. The number of ether oxygens (including phenoxy) is 2. The minimum atomic E-state index is -0.391. The van der Waals surface area contributed by atoms with Crippen molar-refractivity contribution in [1.82, 2.24) is 31.9 Å². The number of benzene rings is 5. The highest BCUT2D eigenvalue weighted by molar-refractivity contribution is 14.1. The molecule has 10 aliphatic rings. The van der Waals surface area contributed by atoms with Gasteiger partial charge >= 0.3 is 11.9 Å². The van der Waals surface area contributed by atoms with Crippen molar-refractivity contribution in [2.24, 2.45) is 78.6 Å². The zero-order valence-corrected chi connectivity index (χ0v) is 70.4. The number of carbonyl (C=O) groups is 3. The molecule has 0 radical (unpaired) electrons. The highest BCUT2D eigenvalue weighted by Gasteiger charge is 2.39. The summed E-state index contributed by atoms with van der Waals surface area (Å²) in [5.74, 6) is 6.05. The van der Waals surface area contributed by atoms with Crippen LogP contribution in [-0.2, 0) is 41.6 Å². The van der Waals surface area contributed by atoms with Gasteiger partial charge in [-0.2, -0.15) is 0 Å². The number of hydrogen-bond donors (Lipinski definition) is 11. The summed E-state index contributed by atoms with van der Waals surface area (Å²) in [4.78, 5) is 83.3. The molecule has 1 amide bonds. The maximum absolute atomic E-state index is 12.1. The molecule has 0 saturated heterocycles. The van der Waals surface area contributed by atoms with Gasteiger partial charge in [-0.15, -0.1) is 0 Å². The first kappa shape index (κ1) is 85.3. The number of nitrogens with zero attached hydrogens (tertiary/aromatic N) is 10. The normalized spacial score (nSPS) is 19.7. The van der Waals surface area contributed by atoms with E-state index in [9.17, 15) is 14.4 Å². The fraction of sp³-hybridized carbons (Fsp3) is 0.500. The van der Waals surface area contributed by atoms with Crippen LogP contribution in [0.5, 0.6) is 0 Å². The molecule has 5 aliphatic heterocycles. The number of nitrogens with one attached hydrogen (secondary N) is 6. The molecule has 28 heteroatoms. The molecule has 5 aromatic carbocycles. The summed E-state index contributed by atoms with van der Waals surface area (Å²) < 4.78 is 12.7. The van der Waals surface area contributed by atoms with Gasteiger partial charge in [0.05, 0.1) is 24.3 Å². The van der Waals surface area contributed by atoms with Crippen molar-refractivity contribution in [2.45, 2.75) is 255 Å². The Kier molecular flexibility index (Phi) is 30.4. The van der Waals surface area contributed by atoms with E-state index >= 15 is 0 Å². The van der Waals surface area contributed by atoms with E-state index in [0.717, 1.165) is 178 Å². The lowest BCUT2D eigenvalue weighted by molar-refractivity contribution is 0.0501. The molecule has 5 aromatic rings. The third-order valence-electron chi connectivity index (χ3n) is 21.6. The molecule has 0 unspecified atom stereocenters. The number of amides is 1. The van der Waals surface area contributed by atoms with Crippen LogP contribution in [-0.4, -0.2) is 125 Å². The van der Waals surface area contributed by atoms with Gasteiger partial charge in [-0.05, 0) is 266 Å². The van der Waals surface area contributed by atoms with Crippen molar-refractivity contribution in [1.29, 1.82) is 0 Å². The first-order valence-corrected chi connectivity index (χ1v) is 42.8. The van der Waals surface area contributed by atoms with Crippen LogP contribution in [0.15, 0.2) is 170 Å². The molecule has 5 heterocycles. The molecule has 5 fully saturated rings. The summed E-state index contributed by atoms with van der Waals surface area (Å²) in [7, 11) is 0. The summed E-state index contributed by atoms with van der Waals surface area (Å²) in [6.45, 7) is 9.03. The van der Waals surface area contributed by atoms with Gasteiger partial charge in [0.15, 0.2) is 58.1 Å². The van der Waals surface area contributed by atoms with E-state index < -0.39 is 5.66 Å². The first-order valence-electron chi connectivity index (χ1n) is 41.0. The molecule has 0 aromatic heterocycles. The maximum Gasteiger partial charge on any atom is 0.338 e. The predicted octanol–water partition coefficient (Wildman–Crippen LogP) is 13.2. The van der Waals surface area contributed by atoms with E-state index in [1.165, 1.54) is 72.5 Å². The molecule has 114 heavy (non-hydrogen) atoms. The predicted molar refractivity (Wildman–Crippen MR) is 470 cm³/mol. The number of guanidine groups is 5. The third kappa shape index (κ3) is 25.0. The van der Waals surface area contributed by atoms with Crippen LogP contribution in [0.25, 0.3) is 0 Å². The van der Waals surface area contributed by atoms with Crippen molar-refractivity contribution in [2.75, 3.05) is 19.8 Å². The second-order valence-electron chi connectivity index (χ2n) is 31.0. The topological polar surface area (TPSA) is 396 Å². The second kappa shape index (κ2) is 40.6. The fourth-order valence-electron chi connectivity index (χ4n) is 16.3. The Morgan fingerprint density at radius 1 is 0.404 bits per heavy atom. The summed E-state index contributed by atoms with van der Waals surface area (Å²) >= 11 is 5.83. The Labute approximate surface area is 693 Å². The summed E-state index contributed by atoms with van der Waals surface area (Å²) in [6.07, 6.45) is 31.7. The average Bonchev–Trinajstić information content (AvgIpc) is 0.823. The highest BCUT2D eigenvalue weighted by atomic mass is 127. The Bertz CT molecular complexity index is 4410. The lowest BCUT2D eigenvalue weighted by atomic mass is 9.89. The molecule has 5 spiro atoms. The molecule has 5 saturated carbocycles. The van der Waals surface area contributed by atoms with Gasteiger partial charge in [0.1, 0.15) is 29.2 Å². The molecule has 16 N–H and O–H groups in total. The second-order valence-corrected chi connectivity index (χ2v) is 33.2. The number of rotatable bonds is 17. The van der Waals surface area contributed by atoms with E-state index in [-0.39, 0.29) is 40.5 Å². The number of nitrogens with two attached hydrogens (primary N) is 5. The van der Waals surface area contributed by atoms with Gasteiger partial charge < -0.3 is 70.0 Å². The lowest BCUT2D eigenvalue weighted by Crippen LogP contribution is -2.47. The number of carbonyl (C=O) groups excluding carboxylic acids is 3. The number of aliphatic imine (C=N–C) groups is 10. The van der Waals surface area contributed by atoms with E-state index in [4.69, 9.17) is 63.1 Å². The van der Waals surface area contributed by atoms with Crippen molar-refractivity contribution >= 4 is 115 Å². The lowest BCUT2D eigenvalue weighted by Gasteiger charge is -2.34. The van der Waals surface area contributed by atoms with Crippen molar-refractivity contribution < 1.29 is 23.9 Å². The SMILES string of the molecule is CCCOC(=O)c1cccc(CC2=NC3(CCCCC3)N=C(N)N2)c1.CCNC(=O)c1cccc(CC2=NC3(CCCCC3)N=C(N)N2)c1.CCOC(=O)c1cc(CC2=NC3(CCCCC3)N=C(N)N2)ccc1C.NC1=NC2(CCCCC2)N=C(Cc2cccc(Br)c2)N1.NC1=NC2(CCCCC2)N=C(Cc2cccc(I)c2)N1.